The number of nitrogens with two attached hydrogens (primary N) is 8. The Labute approximate surface area is 685 Å². The average molecular weight is 1670 g/mol. The maximum absolute atomic E-state index is 14.8. The first-order chi connectivity index (χ1) is 55.1. The lowest BCUT2D eigenvalue weighted by Gasteiger charge is -2.31. The number of aliphatic carboxylic acids is 2. The second-order valence-corrected chi connectivity index (χ2v) is 30.6. The van der Waals surface area contributed by atoms with Gasteiger partial charge in [0.15, 0.2) is 5.96 Å². The SMILES string of the molecule is CC[C@H](C)[C@H](NC(=O)[C@H](CCCN=C(N)N)NC(=O)[C@@H]1CCCN1C(=O)[C@H](C)NC(=O)[C@@H](N)CC(=O)O)C(=O)N[C@@H](CCCCN)C(=O)N[C@@H](CCCCN)C(=O)N[C@H](C(=O)N[C@H](C(=O)N[C@@H](CCC(N)=O)C(=O)N[C@@H](CCCCN)C(=O)N[C@@H](CCCCN)C(=O)N[C@@H](CC(C)C)C(=O)N[C@@H](C)C(=O)NCC(=O)O)C(C)C)[C@@H](C)CC. The molecule has 1 fully saturated rings. The van der Waals surface area contributed by atoms with Crippen molar-refractivity contribution in [1.82, 2.24) is 74.0 Å². The number of unbranched alkanes of at least 4 members (excludes halogenated alkanes) is 4. The fourth-order valence-corrected chi connectivity index (χ4v) is 12.6. The number of amides is 15. The zero-order chi connectivity index (χ0) is 88.8. The van der Waals surface area contributed by atoms with Gasteiger partial charge in [0.05, 0.1) is 12.5 Å². The minimum atomic E-state index is -1.60. The van der Waals surface area contributed by atoms with Crippen molar-refractivity contribution in [2.45, 2.75) is 295 Å². The summed E-state index contributed by atoms with van der Waals surface area (Å²) in [7, 11) is 0. The van der Waals surface area contributed by atoms with E-state index in [-0.39, 0.29) is 128 Å². The fourth-order valence-electron chi connectivity index (χ4n) is 12.6. The molecule has 666 valence electrons. The topological polar surface area (TPSA) is 711 Å². The van der Waals surface area contributed by atoms with Gasteiger partial charge >= 0.3 is 11.9 Å². The summed E-state index contributed by atoms with van der Waals surface area (Å²) in [6.45, 7) is 16.4. The van der Waals surface area contributed by atoms with Gasteiger partial charge in [-0.25, -0.2) is 0 Å². The molecule has 0 saturated carbocycles. The second-order valence-electron chi connectivity index (χ2n) is 30.6. The van der Waals surface area contributed by atoms with Crippen molar-refractivity contribution < 1.29 is 91.7 Å². The van der Waals surface area contributed by atoms with Crippen LogP contribution < -0.4 is 115 Å². The lowest BCUT2D eigenvalue weighted by molar-refractivity contribution is -0.142. The van der Waals surface area contributed by atoms with Crippen molar-refractivity contribution in [3.05, 3.63) is 0 Å². The van der Waals surface area contributed by atoms with E-state index in [1.807, 2.05) is 0 Å². The van der Waals surface area contributed by atoms with Crippen molar-refractivity contribution in [3.63, 3.8) is 0 Å². The first-order valence-electron chi connectivity index (χ1n) is 40.7. The number of nitrogens with one attached hydrogen (secondary N) is 13. The molecule has 16 atom stereocenters. The summed E-state index contributed by atoms with van der Waals surface area (Å²) in [5.74, 6) is -17.7. The Morgan fingerprint density at radius 1 is 0.419 bits per heavy atom. The largest absolute Gasteiger partial charge is 0.481 e. The summed E-state index contributed by atoms with van der Waals surface area (Å²) in [4.78, 5) is 238. The van der Waals surface area contributed by atoms with E-state index in [1.54, 1.807) is 55.4 Å². The molecular weight excluding hydrogens is 1530 g/mol. The number of hydrogen-bond donors (Lipinski definition) is 23. The van der Waals surface area contributed by atoms with Gasteiger partial charge < -0.3 is 130 Å². The van der Waals surface area contributed by atoms with E-state index < -0.39 is 229 Å². The highest BCUT2D eigenvalue weighted by Crippen LogP contribution is 2.21. The van der Waals surface area contributed by atoms with Crippen molar-refractivity contribution >= 4 is 107 Å². The third-order valence-corrected chi connectivity index (χ3v) is 19.8. The molecule has 1 aliphatic rings. The monoisotopic (exact) mass is 1660 g/mol. The number of guanidine groups is 1. The lowest BCUT2D eigenvalue weighted by atomic mass is 9.95. The molecule has 0 spiro atoms. The van der Waals surface area contributed by atoms with E-state index >= 15 is 0 Å². The van der Waals surface area contributed by atoms with E-state index in [1.165, 1.54) is 18.7 Å². The van der Waals surface area contributed by atoms with Crippen LogP contribution in [0.15, 0.2) is 4.99 Å². The fraction of sp³-hybridized carbons (Fsp3) is 0.760. The number of hydrogen-bond acceptors (Lipinski definition) is 23. The molecule has 1 saturated heterocycles. The molecule has 0 bridgehead atoms. The summed E-state index contributed by atoms with van der Waals surface area (Å²) >= 11 is 0. The summed E-state index contributed by atoms with van der Waals surface area (Å²) in [5, 5.41) is 52.2. The molecular formula is C75H137N23O19. The van der Waals surface area contributed by atoms with Gasteiger partial charge in [-0.05, 0) is 179 Å². The Balaban J connectivity index is 3.73. The van der Waals surface area contributed by atoms with Crippen LogP contribution in [0.4, 0.5) is 0 Å². The second kappa shape index (κ2) is 56.4. The lowest BCUT2D eigenvalue weighted by Crippen LogP contribution is -2.62. The predicted molar refractivity (Wildman–Crippen MR) is 433 cm³/mol. The van der Waals surface area contributed by atoms with Crippen LogP contribution in [0.2, 0.25) is 0 Å². The number of rotatable bonds is 60. The maximum atomic E-state index is 14.8. The van der Waals surface area contributed by atoms with Crippen LogP contribution in [0.25, 0.3) is 0 Å². The number of aliphatic imine (C=N–C) groups is 1. The van der Waals surface area contributed by atoms with Gasteiger partial charge in [-0.15, -0.1) is 0 Å². The quantitative estimate of drug-likeness (QED) is 0.0153. The minimum Gasteiger partial charge on any atom is -0.481 e. The van der Waals surface area contributed by atoms with Crippen LogP contribution in [-0.4, -0.2) is 252 Å². The Kier molecular flexibility index (Phi) is 50.7. The normalized spacial score (nSPS) is 16.4. The number of carbonyl (C=O) groups is 17. The third-order valence-electron chi connectivity index (χ3n) is 19.8. The van der Waals surface area contributed by atoms with E-state index in [2.05, 4.69) is 74.1 Å². The van der Waals surface area contributed by atoms with Crippen molar-refractivity contribution in [2.75, 3.05) is 45.8 Å². The van der Waals surface area contributed by atoms with Gasteiger partial charge in [0, 0.05) is 19.5 Å². The molecule has 1 aliphatic heterocycles. The molecule has 0 unspecified atom stereocenters. The summed E-state index contributed by atoms with van der Waals surface area (Å²) in [6.07, 6.45) is 2.21. The van der Waals surface area contributed by atoms with Crippen molar-refractivity contribution in [1.29, 1.82) is 0 Å². The summed E-state index contributed by atoms with van der Waals surface area (Å²) in [6, 6.07) is -19.0. The molecule has 1 heterocycles. The Morgan fingerprint density at radius 2 is 0.786 bits per heavy atom. The van der Waals surface area contributed by atoms with Gasteiger partial charge in [0.25, 0.3) is 0 Å². The van der Waals surface area contributed by atoms with Gasteiger partial charge in [-0.3, -0.25) is 86.5 Å². The molecule has 0 aliphatic carbocycles. The van der Waals surface area contributed by atoms with Crippen molar-refractivity contribution in [3.8, 4) is 0 Å². The van der Waals surface area contributed by atoms with Crippen LogP contribution in [0.3, 0.4) is 0 Å². The molecule has 117 heavy (non-hydrogen) atoms. The summed E-state index contributed by atoms with van der Waals surface area (Å²) < 4.78 is 0. The highest BCUT2D eigenvalue weighted by molar-refractivity contribution is 6.01. The Bertz CT molecular complexity index is 3290. The number of carboxylic acid groups (broad SMARTS) is 2. The molecule has 15 amide bonds. The number of carbonyl (C=O) groups excluding carboxylic acids is 15. The molecule has 0 aromatic carbocycles. The number of primary amides is 1. The average Bonchev–Trinajstić information content (AvgIpc) is 1.76. The van der Waals surface area contributed by atoms with Gasteiger partial charge in [-0.1, -0.05) is 68.2 Å². The highest BCUT2D eigenvalue weighted by atomic mass is 16.4. The van der Waals surface area contributed by atoms with Crippen LogP contribution >= 0.6 is 0 Å². The number of likely N-dealkylation sites (tertiary alicyclic amines) is 1. The van der Waals surface area contributed by atoms with E-state index in [4.69, 9.17) is 56.1 Å². The van der Waals surface area contributed by atoms with Crippen molar-refractivity contribution in [2.24, 2.45) is 74.5 Å². The van der Waals surface area contributed by atoms with Crippen LogP contribution in [-0.2, 0) is 81.5 Å². The van der Waals surface area contributed by atoms with Crippen LogP contribution in [0.5, 0.6) is 0 Å². The standard InChI is InChI=1S/C75H137N23O19/c1-11-42(7)59(96-68(111)51(27-21-35-84-75(82)83)91-70(113)54-28-22-36-98(54)74(117)45(10)87-62(105)46(80)38-56(100)101)72(115)92-49(25-15-19-33-78)64(107)90-50(26-16-20-34-79)67(110)97-60(43(8)12-2)73(116)95-58(41(5)6)71(114)93-52(29-30-55(81)99)66(109)89-47(23-13-17-31-76)63(106)88-48(24-14-18-32-77)65(108)94-53(37-40(3)4)69(112)86-44(9)61(104)85-39-57(102)103/h40-54,58-60H,11-39,76-80H2,1-10H3,(H2,81,99)(H,85,104)(H,86,112)(H,87,105)(H,88,106)(H,89,109)(H,90,107)(H,91,113)(H,92,115)(H,93,114)(H,94,108)(H,95,116)(H,96,111)(H,97,110)(H,100,101)(H,102,103)(H4,82,83,84)/t42-,43-,44-,45-,46-,47-,48-,49-,50-,51-,52-,53-,54-,58-,59-,60-/m0/s1. The highest BCUT2D eigenvalue weighted by Gasteiger charge is 2.42. The Hall–Kier alpha value is -9.94. The smallest absolute Gasteiger partial charge is 0.322 e. The van der Waals surface area contributed by atoms with Gasteiger partial charge in [0.2, 0.25) is 88.6 Å². The summed E-state index contributed by atoms with van der Waals surface area (Å²) in [5.41, 5.74) is 45.8. The molecule has 0 radical (unpaired) electrons. The molecule has 0 aromatic heterocycles. The molecule has 31 N–H and O–H groups in total. The third kappa shape index (κ3) is 40.2. The zero-order valence-corrected chi connectivity index (χ0v) is 69.7. The molecule has 1 rings (SSSR count). The minimum absolute atomic E-state index is 0.00199. The van der Waals surface area contributed by atoms with E-state index in [0.29, 0.717) is 44.9 Å². The molecule has 42 heteroatoms. The van der Waals surface area contributed by atoms with Crippen LogP contribution in [0, 0.1) is 23.7 Å². The maximum Gasteiger partial charge on any atom is 0.322 e. The van der Waals surface area contributed by atoms with E-state index in [9.17, 15) is 81.5 Å². The Morgan fingerprint density at radius 3 is 1.18 bits per heavy atom. The zero-order valence-electron chi connectivity index (χ0n) is 69.7. The van der Waals surface area contributed by atoms with Crippen LogP contribution in [0.1, 0.15) is 210 Å². The predicted octanol–water partition coefficient (Wildman–Crippen LogP) is -5.53. The van der Waals surface area contributed by atoms with Gasteiger partial charge in [-0.2, -0.15) is 0 Å². The molecule has 0 aromatic rings. The first-order valence-corrected chi connectivity index (χ1v) is 40.7. The van der Waals surface area contributed by atoms with E-state index in [0.717, 1.165) is 0 Å². The first kappa shape index (κ1) is 105. The molecule has 42 nitrogen and oxygen atoms in total. The number of carboxylic acids is 2. The van der Waals surface area contributed by atoms with Gasteiger partial charge in [0.1, 0.15) is 85.1 Å². The number of nitrogens with zero attached hydrogens (tertiary/aromatic N) is 2.